The number of nitrogens with zero attached hydrogens (tertiary/aromatic N) is 3. The van der Waals surface area contributed by atoms with Gasteiger partial charge in [0.05, 0.1) is 19.0 Å². The van der Waals surface area contributed by atoms with Crippen LogP contribution in [-0.4, -0.2) is 42.8 Å². The minimum atomic E-state index is 0.422. The Hall–Kier alpha value is -1.36. The minimum Gasteiger partial charge on any atom is -0.383 e. The standard InChI is InChI=1S/C14H26N4O/c1-5-7-16-13-10-15-11-14(17-13)18(8-9-19-4)12(3)6-2/h10-12H,5-9H2,1-4H3,(H,16,17). The molecule has 1 aromatic rings. The van der Waals surface area contributed by atoms with E-state index in [0.29, 0.717) is 12.6 Å². The average Bonchev–Trinajstić information content (AvgIpc) is 2.45. The molecule has 5 nitrogen and oxygen atoms in total. The number of ether oxygens (including phenoxy) is 1. The smallest absolute Gasteiger partial charge is 0.149 e. The van der Waals surface area contributed by atoms with Crippen molar-refractivity contribution in [1.29, 1.82) is 0 Å². The van der Waals surface area contributed by atoms with E-state index >= 15 is 0 Å². The number of hydrogen-bond donors (Lipinski definition) is 1. The zero-order valence-corrected chi connectivity index (χ0v) is 12.5. The van der Waals surface area contributed by atoms with Crippen molar-refractivity contribution in [3.63, 3.8) is 0 Å². The minimum absolute atomic E-state index is 0.422. The van der Waals surface area contributed by atoms with Gasteiger partial charge < -0.3 is 15.0 Å². The maximum atomic E-state index is 5.18. The Bertz CT molecular complexity index is 359. The third-order valence-electron chi connectivity index (χ3n) is 3.13. The van der Waals surface area contributed by atoms with Crippen LogP contribution < -0.4 is 10.2 Å². The van der Waals surface area contributed by atoms with Crippen molar-refractivity contribution in [1.82, 2.24) is 9.97 Å². The van der Waals surface area contributed by atoms with Gasteiger partial charge in [-0.25, -0.2) is 4.98 Å². The maximum Gasteiger partial charge on any atom is 0.149 e. The van der Waals surface area contributed by atoms with Gasteiger partial charge in [-0.1, -0.05) is 13.8 Å². The highest BCUT2D eigenvalue weighted by atomic mass is 16.5. The van der Waals surface area contributed by atoms with Crippen LogP contribution in [0.3, 0.4) is 0 Å². The van der Waals surface area contributed by atoms with Gasteiger partial charge in [0.2, 0.25) is 0 Å². The van der Waals surface area contributed by atoms with Crippen molar-refractivity contribution in [3.8, 4) is 0 Å². The molecule has 1 aromatic heterocycles. The first kappa shape index (κ1) is 15.7. The van der Waals surface area contributed by atoms with Gasteiger partial charge in [-0.3, -0.25) is 4.98 Å². The molecule has 0 saturated heterocycles. The molecule has 0 bridgehead atoms. The zero-order chi connectivity index (χ0) is 14.1. The van der Waals surface area contributed by atoms with Crippen molar-refractivity contribution in [2.75, 3.05) is 37.0 Å². The summed E-state index contributed by atoms with van der Waals surface area (Å²) in [5.74, 6) is 1.75. The molecule has 1 rings (SSSR count). The SMILES string of the molecule is CCCNc1cncc(N(CCOC)C(C)CC)n1. The second-order valence-electron chi connectivity index (χ2n) is 4.63. The summed E-state index contributed by atoms with van der Waals surface area (Å²) in [6, 6.07) is 0.422. The lowest BCUT2D eigenvalue weighted by Crippen LogP contribution is -2.36. The van der Waals surface area contributed by atoms with Gasteiger partial charge in [0.25, 0.3) is 0 Å². The Labute approximate surface area is 116 Å². The van der Waals surface area contributed by atoms with E-state index < -0.39 is 0 Å². The van der Waals surface area contributed by atoms with E-state index in [2.05, 4.69) is 41.0 Å². The van der Waals surface area contributed by atoms with Crippen LogP contribution in [0.5, 0.6) is 0 Å². The van der Waals surface area contributed by atoms with E-state index in [1.807, 2.05) is 6.20 Å². The highest BCUT2D eigenvalue weighted by Crippen LogP contribution is 2.16. The Balaban J connectivity index is 2.81. The van der Waals surface area contributed by atoms with Crippen molar-refractivity contribution in [3.05, 3.63) is 12.4 Å². The molecule has 0 amide bonds. The Morgan fingerprint density at radius 2 is 2.16 bits per heavy atom. The van der Waals surface area contributed by atoms with Gasteiger partial charge in [-0.05, 0) is 19.8 Å². The zero-order valence-electron chi connectivity index (χ0n) is 12.5. The molecular weight excluding hydrogens is 240 g/mol. The van der Waals surface area contributed by atoms with Gasteiger partial charge in [-0.15, -0.1) is 0 Å². The predicted molar refractivity (Wildman–Crippen MR) is 79.8 cm³/mol. The van der Waals surface area contributed by atoms with E-state index in [0.717, 1.165) is 37.6 Å². The van der Waals surface area contributed by atoms with Gasteiger partial charge in [-0.2, -0.15) is 0 Å². The number of aromatic nitrogens is 2. The highest BCUT2D eigenvalue weighted by molar-refractivity contribution is 5.44. The second-order valence-corrected chi connectivity index (χ2v) is 4.63. The lowest BCUT2D eigenvalue weighted by Gasteiger charge is -2.29. The fourth-order valence-electron chi connectivity index (χ4n) is 1.80. The molecule has 5 heteroatoms. The Kier molecular flexibility index (Phi) is 7.18. The molecule has 1 atom stereocenters. The fraction of sp³-hybridized carbons (Fsp3) is 0.714. The lowest BCUT2D eigenvalue weighted by atomic mass is 10.2. The fourth-order valence-corrected chi connectivity index (χ4v) is 1.80. The molecule has 1 N–H and O–H groups in total. The largest absolute Gasteiger partial charge is 0.383 e. The molecule has 0 aromatic carbocycles. The van der Waals surface area contributed by atoms with Crippen LogP contribution in [0.1, 0.15) is 33.6 Å². The van der Waals surface area contributed by atoms with Gasteiger partial charge in [0, 0.05) is 26.2 Å². The number of rotatable bonds is 9. The van der Waals surface area contributed by atoms with Gasteiger partial charge >= 0.3 is 0 Å². The molecule has 0 aliphatic rings. The van der Waals surface area contributed by atoms with Crippen LogP contribution >= 0.6 is 0 Å². The third-order valence-corrected chi connectivity index (χ3v) is 3.13. The molecule has 1 heterocycles. The molecule has 0 spiro atoms. The van der Waals surface area contributed by atoms with Crippen molar-refractivity contribution >= 4 is 11.6 Å². The summed E-state index contributed by atoms with van der Waals surface area (Å²) >= 11 is 0. The first-order valence-corrected chi connectivity index (χ1v) is 7.04. The van der Waals surface area contributed by atoms with E-state index in [-0.39, 0.29) is 0 Å². The van der Waals surface area contributed by atoms with E-state index in [9.17, 15) is 0 Å². The summed E-state index contributed by atoms with van der Waals surface area (Å²) < 4.78 is 5.18. The second kappa shape index (κ2) is 8.69. The summed E-state index contributed by atoms with van der Waals surface area (Å²) in [5, 5.41) is 3.27. The molecule has 0 saturated carbocycles. The summed E-state index contributed by atoms with van der Waals surface area (Å²) in [5.41, 5.74) is 0. The van der Waals surface area contributed by atoms with Crippen LogP contribution in [0, 0.1) is 0 Å². The van der Waals surface area contributed by atoms with Crippen LogP contribution in [0.25, 0.3) is 0 Å². The molecule has 0 radical (unpaired) electrons. The molecule has 0 aliphatic carbocycles. The van der Waals surface area contributed by atoms with Crippen LogP contribution in [0.15, 0.2) is 12.4 Å². The van der Waals surface area contributed by atoms with Crippen LogP contribution in [0.2, 0.25) is 0 Å². The highest BCUT2D eigenvalue weighted by Gasteiger charge is 2.14. The Morgan fingerprint density at radius 1 is 1.37 bits per heavy atom. The molecular formula is C14H26N4O. The van der Waals surface area contributed by atoms with E-state index in [1.54, 1.807) is 13.3 Å². The first-order valence-electron chi connectivity index (χ1n) is 7.04. The molecule has 0 fully saturated rings. The number of nitrogens with one attached hydrogen (secondary N) is 1. The van der Waals surface area contributed by atoms with Crippen molar-refractivity contribution in [2.45, 2.75) is 39.7 Å². The van der Waals surface area contributed by atoms with Crippen molar-refractivity contribution in [2.24, 2.45) is 0 Å². The quantitative estimate of drug-likeness (QED) is 0.744. The Morgan fingerprint density at radius 3 is 2.79 bits per heavy atom. The molecule has 0 aliphatic heterocycles. The van der Waals surface area contributed by atoms with E-state index in [4.69, 9.17) is 4.74 Å². The number of anilines is 2. The van der Waals surface area contributed by atoms with Crippen LogP contribution in [0.4, 0.5) is 11.6 Å². The maximum absolute atomic E-state index is 5.18. The molecule has 1 unspecified atom stereocenters. The summed E-state index contributed by atoms with van der Waals surface area (Å²) in [7, 11) is 1.72. The monoisotopic (exact) mass is 266 g/mol. The molecule has 108 valence electrons. The summed E-state index contributed by atoms with van der Waals surface area (Å²) in [6.45, 7) is 8.95. The topological polar surface area (TPSA) is 50.3 Å². The lowest BCUT2D eigenvalue weighted by molar-refractivity contribution is 0.203. The van der Waals surface area contributed by atoms with E-state index in [1.165, 1.54) is 0 Å². The van der Waals surface area contributed by atoms with Crippen LogP contribution in [-0.2, 0) is 4.74 Å². The number of methoxy groups -OCH3 is 1. The molecule has 19 heavy (non-hydrogen) atoms. The third kappa shape index (κ3) is 5.03. The number of hydrogen-bond acceptors (Lipinski definition) is 5. The predicted octanol–water partition coefficient (Wildman–Crippen LogP) is 2.55. The van der Waals surface area contributed by atoms with Gasteiger partial charge in [0.1, 0.15) is 11.6 Å². The summed E-state index contributed by atoms with van der Waals surface area (Å²) in [6.07, 6.45) is 5.73. The average molecular weight is 266 g/mol. The normalized spacial score (nSPS) is 12.2. The van der Waals surface area contributed by atoms with Crippen molar-refractivity contribution < 1.29 is 4.74 Å². The summed E-state index contributed by atoms with van der Waals surface area (Å²) in [4.78, 5) is 11.1. The first-order chi connectivity index (χ1) is 9.22. The van der Waals surface area contributed by atoms with Gasteiger partial charge in [0.15, 0.2) is 0 Å².